The van der Waals surface area contributed by atoms with Crippen LogP contribution in [0.1, 0.15) is 110 Å². The first-order valence-electron chi connectivity index (χ1n) is 10.0. The van der Waals surface area contributed by atoms with Crippen molar-refractivity contribution in [2.75, 3.05) is 0 Å². The van der Waals surface area contributed by atoms with Crippen molar-refractivity contribution in [1.29, 1.82) is 0 Å². The largest absolute Gasteiger partial charge is 1.00 e. The first-order valence-corrected chi connectivity index (χ1v) is 11.5. The fourth-order valence-electron chi connectivity index (χ4n) is 3.11. The van der Waals surface area contributed by atoms with E-state index in [1.165, 1.54) is 19.3 Å². The summed E-state index contributed by atoms with van der Waals surface area (Å²) < 4.78 is 34.0. The van der Waals surface area contributed by atoms with Gasteiger partial charge in [-0.05, 0) is 25.7 Å². The van der Waals surface area contributed by atoms with E-state index in [1.807, 2.05) is 0 Å². The van der Waals surface area contributed by atoms with Crippen LogP contribution in [-0.2, 0) is 10.1 Å². The molecule has 146 valence electrons. The number of aliphatic hydroxyl groups is 1. The van der Waals surface area contributed by atoms with Crippen LogP contribution in [0.3, 0.4) is 0 Å². The second-order valence-electron chi connectivity index (χ2n) is 7.11. The fourth-order valence-corrected chi connectivity index (χ4v) is 4.02. The Hall–Kier alpha value is 1.51. The molecule has 0 aromatic heterocycles. The second kappa shape index (κ2) is 18.9. The van der Waals surface area contributed by atoms with Crippen molar-refractivity contribution in [3.63, 3.8) is 0 Å². The summed E-state index contributed by atoms with van der Waals surface area (Å²) in [6.45, 7) is 4.29. The summed E-state index contributed by atoms with van der Waals surface area (Å²) in [6.07, 6.45) is 13.7. The van der Waals surface area contributed by atoms with Crippen LogP contribution in [0.4, 0.5) is 0 Å². The molecule has 0 radical (unpaired) electrons. The Bertz CT molecular complexity index is 374. The fraction of sp³-hybridized carbons (Fsp3) is 1.00. The monoisotopic (exact) mass is 402 g/mol. The van der Waals surface area contributed by atoms with Gasteiger partial charge in [-0.1, -0.05) is 84.5 Å². The van der Waals surface area contributed by atoms with Crippen LogP contribution in [0.25, 0.3) is 0 Å². The van der Waals surface area contributed by atoms with Crippen molar-refractivity contribution >= 4 is 10.1 Å². The smallest absolute Gasteiger partial charge is 0.748 e. The average Bonchev–Trinajstić information content (AvgIpc) is 2.52. The molecule has 0 aromatic carbocycles. The maximum absolute atomic E-state index is 11.3. The van der Waals surface area contributed by atoms with E-state index in [0.717, 1.165) is 64.2 Å². The van der Waals surface area contributed by atoms with E-state index in [-0.39, 0.29) is 57.5 Å². The molecule has 6 heteroatoms. The van der Waals surface area contributed by atoms with Crippen molar-refractivity contribution in [3.8, 4) is 0 Å². The molecule has 0 fully saturated rings. The summed E-state index contributed by atoms with van der Waals surface area (Å²) in [6, 6.07) is 0. The molecule has 0 aliphatic heterocycles. The Balaban J connectivity index is 0. The summed E-state index contributed by atoms with van der Waals surface area (Å²) in [5.74, 6) is 0. The van der Waals surface area contributed by atoms with Gasteiger partial charge < -0.3 is 9.66 Å². The maximum atomic E-state index is 11.3. The minimum atomic E-state index is -4.17. The normalized spacial score (nSPS) is 14.1. The zero-order valence-corrected chi connectivity index (χ0v) is 20.8. The molecule has 0 aliphatic rings. The zero-order chi connectivity index (χ0) is 18.3. The molecule has 1 N–H and O–H groups in total. The Morgan fingerprint density at radius 1 is 0.720 bits per heavy atom. The standard InChI is InChI=1S/C19H40O4S.K/c1-3-5-7-10-14-18(20)15-11-9-13-17-19(24(21,22)23)16-12-8-6-4-2;/h18-20H,3-17H2,1-2H3,(H,21,22,23);/q;+1/p-1. The minimum absolute atomic E-state index is 0. The molecule has 0 heterocycles. The van der Waals surface area contributed by atoms with E-state index in [0.29, 0.717) is 12.8 Å². The summed E-state index contributed by atoms with van der Waals surface area (Å²) in [5.41, 5.74) is 0. The first kappa shape index (κ1) is 28.7. The van der Waals surface area contributed by atoms with Crippen LogP contribution in [-0.4, -0.2) is 29.4 Å². The predicted octanol–water partition coefficient (Wildman–Crippen LogP) is 2.16. The molecule has 2 unspecified atom stereocenters. The Morgan fingerprint density at radius 3 is 1.44 bits per heavy atom. The topological polar surface area (TPSA) is 77.4 Å². The average molecular weight is 403 g/mol. The molecule has 25 heavy (non-hydrogen) atoms. The molecule has 0 aliphatic carbocycles. The molecule has 2 atom stereocenters. The predicted molar refractivity (Wildman–Crippen MR) is 100 cm³/mol. The Morgan fingerprint density at radius 2 is 1.08 bits per heavy atom. The van der Waals surface area contributed by atoms with Gasteiger partial charge in [0.25, 0.3) is 0 Å². The third kappa shape index (κ3) is 18.6. The van der Waals surface area contributed by atoms with Crippen LogP contribution in [0.15, 0.2) is 0 Å². The Labute approximate surface area is 199 Å². The molecular formula is C19H39KO4S. The third-order valence-corrected chi connectivity index (χ3v) is 6.03. The minimum Gasteiger partial charge on any atom is -0.748 e. The van der Waals surface area contributed by atoms with E-state index >= 15 is 0 Å². The van der Waals surface area contributed by atoms with Gasteiger partial charge in [0.15, 0.2) is 0 Å². The van der Waals surface area contributed by atoms with Crippen LogP contribution in [0.2, 0.25) is 0 Å². The van der Waals surface area contributed by atoms with Crippen molar-refractivity contribution in [3.05, 3.63) is 0 Å². The van der Waals surface area contributed by atoms with Crippen LogP contribution in [0.5, 0.6) is 0 Å². The molecule has 0 amide bonds. The first-order chi connectivity index (χ1) is 11.4. The number of aliphatic hydroxyl groups excluding tert-OH is 1. The molecule has 4 nitrogen and oxygen atoms in total. The van der Waals surface area contributed by atoms with Crippen molar-refractivity contribution in [1.82, 2.24) is 0 Å². The van der Waals surface area contributed by atoms with Crippen molar-refractivity contribution in [2.24, 2.45) is 0 Å². The second-order valence-corrected chi connectivity index (χ2v) is 8.76. The molecule has 0 aromatic rings. The summed E-state index contributed by atoms with van der Waals surface area (Å²) in [5, 5.41) is 9.19. The molecule has 0 spiro atoms. The number of hydrogen-bond donors (Lipinski definition) is 1. The van der Waals surface area contributed by atoms with E-state index in [2.05, 4.69) is 13.8 Å². The van der Waals surface area contributed by atoms with Crippen LogP contribution < -0.4 is 51.4 Å². The van der Waals surface area contributed by atoms with Crippen molar-refractivity contribution < 1.29 is 69.5 Å². The molecule has 0 rings (SSSR count). The third-order valence-electron chi connectivity index (χ3n) is 4.74. The molecule has 0 bridgehead atoms. The van der Waals surface area contributed by atoms with Crippen LogP contribution >= 0.6 is 0 Å². The zero-order valence-electron chi connectivity index (χ0n) is 16.8. The summed E-state index contributed by atoms with van der Waals surface area (Å²) in [7, 11) is -4.17. The van der Waals surface area contributed by atoms with E-state index in [4.69, 9.17) is 0 Å². The summed E-state index contributed by atoms with van der Waals surface area (Å²) in [4.78, 5) is 0. The Kier molecular flexibility index (Phi) is 21.7. The van der Waals surface area contributed by atoms with Gasteiger partial charge in [-0.2, -0.15) is 0 Å². The van der Waals surface area contributed by atoms with Gasteiger partial charge in [0.05, 0.1) is 16.2 Å². The van der Waals surface area contributed by atoms with E-state index in [9.17, 15) is 18.1 Å². The number of unbranched alkanes of at least 4 members (excludes halogenated alkanes) is 8. The molecule has 0 saturated heterocycles. The van der Waals surface area contributed by atoms with Crippen LogP contribution in [0, 0.1) is 0 Å². The SMILES string of the molecule is CCCCCCC(O)CCCCCC(CCCCCC)S(=O)(=O)[O-].[K+]. The quantitative estimate of drug-likeness (QED) is 0.230. The number of rotatable bonds is 17. The van der Waals surface area contributed by atoms with Crippen molar-refractivity contribution in [2.45, 2.75) is 122 Å². The van der Waals surface area contributed by atoms with E-state index in [1.54, 1.807) is 0 Å². The van der Waals surface area contributed by atoms with Gasteiger partial charge in [-0.25, -0.2) is 8.42 Å². The van der Waals surface area contributed by atoms with Gasteiger partial charge in [0.1, 0.15) is 0 Å². The van der Waals surface area contributed by atoms with Gasteiger partial charge in [0, 0.05) is 5.25 Å². The van der Waals surface area contributed by atoms with Gasteiger partial charge in [-0.3, -0.25) is 0 Å². The number of hydrogen-bond acceptors (Lipinski definition) is 4. The van der Waals surface area contributed by atoms with Gasteiger partial charge >= 0.3 is 51.4 Å². The van der Waals surface area contributed by atoms with Gasteiger partial charge in [0.2, 0.25) is 0 Å². The van der Waals surface area contributed by atoms with Gasteiger partial charge in [-0.15, -0.1) is 0 Å². The molecule has 0 saturated carbocycles. The summed E-state index contributed by atoms with van der Waals surface area (Å²) >= 11 is 0. The van der Waals surface area contributed by atoms with E-state index < -0.39 is 15.4 Å². The molecular weight excluding hydrogens is 363 g/mol. The maximum Gasteiger partial charge on any atom is 1.00 e.